The van der Waals surface area contributed by atoms with Crippen LogP contribution in [0, 0.1) is 5.82 Å². The first-order valence-corrected chi connectivity index (χ1v) is 9.28. The third-order valence-electron chi connectivity index (χ3n) is 4.73. The van der Waals surface area contributed by atoms with Crippen LogP contribution in [0.3, 0.4) is 0 Å². The summed E-state index contributed by atoms with van der Waals surface area (Å²) in [5.74, 6) is 1.11. The topological polar surface area (TPSA) is 58.9 Å². The maximum atomic E-state index is 14.5. The Morgan fingerprint density at radius 3 is 2.59 bits per heavy atom. The summed E-state index contributed by atoms with van der Waals surface area (Å²) in [6.45, 7) is 1.96. The molecule has 0 spiro atoms. The molecule has 2 aromatic heterocycles. The molecule has 6 nitrogen and oxygen atoms in total. The van der Waals surface area contributed by atoms with Crippen LogP contribution < -0.4 is 10.2 Å². The number of halogens is 1. The van der Waals surface area contributed by atoms with Crippen LogP contribution in [0.1, 0.15) is 18.5 Å². The van der Waals surface area contributed by atoms with Gasteiger partial charge in [0, 0.05) is 31.2 Å². The highest BCUT2D eigenvalue weighted by molar-refractivity contribution is 5.61. The molecule has 4 aromatic rings. The lowest BCUT2D eigenvalue weighted by Gasteiger charge is -2.20. The van der Waals surface area contributed by atoms with Gasteiger partial charge in [0.1, 0.15) is 29.5 Å². The predicted molar refractivity (Wildman–Crippen MR) is 112 cm³/mol. The average Bonchev–Trinajstić information content (AvgIpc) is 3.28. The lowest BCUT2D eigenvalue weighted by atomic mass is 10.1. The zero-order chi connectivity index (χ0) is 20.2. The van der Waals surface area contributed by atoms with Crippen molar-refractivity contribution >= 4 is 17.3 Å². The van der Waals surface area contributed by atoms with Crippen molar-refractivity contribution in [2.45, 2.75) is 13.0 Å². The molecule has 0 aliphatic heterocycles. The van der Waals surface area contributed by atoms with Crippen LogP contribution in [0.15, 0.2) is 79.4 Å². The summed E-state index contributed by atoms with van der Waals surface area (Å²) < 4.78 is 16.1. The predicted octanol–water partition coefficient (Wildman–Crippen LogP) is 4.74. The summed E-state index contributed by atoms with van der Waals surface area (Å²) >= 11 is 0. The van der Waals surface area contributed by atoms with Crippen LogP contribution in [0.25, 0.3) is 5.69 Å². The molecular weight excluding hydrogens is 367 g/mol. The van der Waals surface area contributed by atoms with Gasteiger partial charge in [0.25, 0.3) is 0 Å². The second-order valence-corrected chi connectivity index (χ2v) is 6.68. The van der Waals surface area contributed by atoms with Crippen LogP contribution in [0.2, 0.25) is 0 Å². The van der Waals surface area contributed by atoms with Gasteiger partial charge in [0.2, 0.25) is 0 Å². The van der Waals surface area contributed by atoms with E-state index in [1.165, 1.54) is 17.1 Å². The molecule has 1 N–H and O–H groups in total. The molecule has 0 unspecified atom stereocenters. The van der Waals surface area contributed by atoms with E-state index >= 15 is 0 Å². The molecule has 2 heterocycles. The monoisotopic (exact) mass is 388 g/mol. The highest BCUT2D eigenvalue weighted by atomic mass is 19.1. The van der Waals surface area contributed by atoms with Crippen LogP contribution in [-0.4, -0.2) is 26.8 Å². The van der Waals surface area contributed by atoms with Gasteiger partial charge in [-0.05, 0) is 42.8 Å². The Bertz CT molecular complexity index is 1080. The maximum absolute atomic E-state index is 14.5. The van der Waals surface area contributed by atoms with Crippen molar-refractivity contribution in [1.29, 1.82) is 0 Å². The first kappa shape index (κ1) is 18.6. The SMILES string of the molecule is C[C@@H](Nc1cc(N(C)c2ccccc2)ncn1)c1ccc(-n2cccn2)c(F)c1. The number of nitrogens with zero attached hydrogens (tertiary/aromatic N) is 5. The van der Waals surface area contributed by atoms with Crippen molar-refractivity contribution in [3.63, 3.8) is 0 Å². The Balaban J connectivity index is 1.51. The minimum atomic E-state index is -0.327. The van der Waals surface area contributed by atoms with Gasteiger partial charge in [-0.2, -0.15) is 5.10 Å². The molecule has 0 radical (unpaired) electrons. The molecule has 29 heavy (non-hydrogen) atoms. The van der Waals surface area contributed by atoms with E-state index in [4.69, 9.17) is 0 Å². The van der Waals surface area contributed by atoms with Crippen LogP contribution in [-0.2, 0) is 0 Å². The number of hydrogen-bond acceptors (Lipinski definition) is 5. The number of hydrogen-bond donors (Lipinski definition) is 1. The zero-order valence-electron chi connectivity index (χ0n) is 16.2. The molecule has 0 aliphatic carbocycles. The summed E-state index contributed by atoms with van der Waals surface area (Å²) in [4.78, 5) is 10.6. The summed E-state index contributed by atoms with van der Waals surface area (Å²) in [7, 11) is 1.95. The molecular formula is C22H21FN6. The van der Waals surface area contributed by atoms with Crippen molar-refractivity contribution in [2.75, 3.05) is 17.3 Å². The molecule has 0 bridgehead atoms. The molecule has 1 atom stereocenters. The zero-order valence-corrected chi connectivity index (χ0v) is 16.2. The van der Waals surface area contributed by atoms with E-state index < -0.39 is 0 Å². The number of para-hydroxylation sites is 1. The first-order valence-electron chi connectivity index (χ1n) is 9.28. The van der Waals surface area contributed by atoms with Gasteiger partial charge in [-0.15, -0.1) is 0 Å². The van der Waals surface area contributed by atoms with Crippen molar-refractivity contribution in [3.8, 4) is 5.69 Å². The largest absolute Gasteiger partial charge is 0.363 e. The fourth-order valence-corrected chi connectivity index (χ4v) is 3.09. The van der Waals surface area contributed by atoms with E-state index in [1.807, 2.05) is 61.3 Å². The van der Waals surface area contributed by atoms with Crippen molar-refractivity contribution in [3.05, 3.63) is 90.8 Å². The van der Waals surface area contributed by atoms with E-state index in [1.54, 1.807) is 24.5 Å². The van der Waals surface area contributed by atoms with Crippen molar-refractivity contribution in [1.82, 2.24) is 19.7 Å². The molecule has 4 rings (SSSR count). The normalized spacial score (nSPS) is 11.8. The first-order chi connectivity index (χ1) is 14.1. The summed E-state index contributed by atoms with van der Waals surface area (Å²) in [5, 5.41) is 7.40. The van der Waals surface area contributed by atoms with Gasteiger partial charge in [-0.25, -0.2) is 19.0 Å². The minimum Gasteiger partial charge on any atom is -0.363 e. The molecule has 0 saturated carbocycles. The third kappa shape index (κ3) is 4.08. The van der Waals surface area contributed by atoms with Crippen molar-refractivity contribution in [2.24, 2.45) is 0 Å². The molecule has 7 heteroatoms. The Morgan fingerprint density at radius 1 is 1.03 bits per heavy atom. The van der Waals surface area contributed by atoms with Crippen LogP contribution in [0.4, 0.5) is 21.7 Å². The van der Waals surface area contributed by atoms with E-state index in [0.717, 1.165) is 17.1 Å². The second kappa shape index (κ2) is 8.10. The highest BCUT2D eigenvalue weighted by Crippen LogP contribution is 2.25. The quantitative estimate of drug-likeness (QED) is 0.517. The standard InChI is InChI=1S/C22H21FN6/c1-16(17-9-10-20(19(23)13-17)29-12-6-11-26-29)27-21-14-22(25-15-24-21)28(2)18-7-4-3-5-8-18/h3-16H,1-2H3,(H,24,25,27)/t16-/m1/s1. The van der Waals surface area contributed by atoms with E-state index in [9.17, 15) is 4.39 Å². The molecule has 0 amide bonds. The second-order valence-electron chi connectivity index (χ2n) is 6.68. The van der Waals surface area contributed by atoms with Gasteiger partial charge >= 0.3 is 0 Å². The average molecular weight is 388 g/mol. The summed E-state index contributed by atoms with van der Waals surface area (Å²) in [5.41, 5.74) is 2.26. The Kier molecular flexibility index (Phi) is 5.20. The van der Waals surface area contributed by atoms with Gasteiger partial charge in [0.05, 0.1) is 6.04 Å². The molecule has 0 saturated heterocycles. The molecule has 0 aliphatic rings. The third-order valence-corrected chi connectivity index (χ3v) is 4.73. The Labute approximate surface area is 168 Å². The number of anilines is 3. The summed E-state index contributed by atoms with van der Waals surface area (Å²) in [6.07, 6.45) is 4.85. The summed E-state index contributed by atoms with van der Waals surface area (Å²) in [6, 6.07) is 18.6. The van der Waals surface area contributed by atoms with E-state index in [-0.39, 0.29) is 11.9 Å². The number of benzene rings is 2. The smallest absolute Gasteiger partial charge is 0.149 e. The molecule has 2 aromatic carbocycles. The van der Waals surface area contributed by atoms with E-state index in [0.29, 0.717) is 11.5 Å². The Morgan fingerprint density at radius 2 is 1.86 bits per heavy atom. The maximum Gasteiger partial charge on any atom is 0.149 e. The van der Waals surface area contributed by atoms with Gasteiger partial charge < -0.3 is 10.2 Å². The molecule has 146 valence electrons. The van der Waals surface area contributed by atoms with Crippen LogP contribution in [0.5, 0.6) is 0 Å². The van der Waals surface area contributed by atoms with Gasteiger partial charge in [-0.3, -0.25) is 0 Å². The number of rotatable bonds is 6. The lowest BCUT2D eigenvalue weighted by molar-refractivity contribution is 0.607. The van der Waals surface area contributed by atoms with Gasteiger partial charge in [0.15, 0.2) is 0 Å². The highest BCUT2D eigenvalue weighted by Gasteiger charge is 2.13. The Hall–Kier alpha value is -3.74. The number of aromatic nitrogens is 4. The van der Waals surface area contributed by atoms with E-state index in [2.05, 4.69) is 20.4 Å². The van der Waals surface area contributed by atoms with Crippen LogP contribution >= 0.6 is 0 Å². The van der Waals surface area contributed by atoms with Crippen molar-refractivity contribution < 1.29 is 4.39 Å². The minimum absolute atomic E-state index is 0.138. The lowest BCUT2D eigenvalue weighted by Crippen LogP contribution is -2.13. The molecule has 0 fully saturated rings. The number of nitrogens with one attached hydrogen (secondary N) is 1. The fourth-order valence-electron chi connectivity index (χ4n) is 3.09. The fraction of sp³-hybridized carbons (Fsp3) is 0.136. The van der Waals surface area contributed by atoms with Gasteiger partial charge in [-0.1, -0.05) is 24.3 Å².